The predicted octanol–water partition coefficient (Wildman–Crippen LogP) is 2.43. The van der Waals surface area contributed by atoms with Crippen molar-refractivity contribution >= 4 is 11.4 Å². The highest BCUT2D eigenvalue weighted by Crippen LogP contribution is 2.36. The number of halogens is 3. The van der Waals surface area contributed by atoms with E-state index in [0.29, 0.717) is 6.07 Å². The van der Waals surface area contributed by atoms with E-state index < -0.39 is 28.5 Å². The molecule has 0 bridgehead atoms. The summed E-state index contributed by atoms with van der Waals surface area (Å²) in [5, 5.41) is 20.0. The summed E-state index contributed by atoms with van der Waals surface area (Å²) in [6.45, 7) is 1.55. The van der Waals surface area contributed by atoms with Crippen molar-refractivity contribution in [3.05, 3.63) is 33.9 Å². The van der Waals surface area contributed by atoms with E-state index >= 15 is 0 Å². The first-order valence-electron chi connectivity index (χ1n) is 5.37. The smallest absolute Gasteiger partial charge is 0.392 e. The molecule has 5 nitrogen and oxygen atoms in total. The highest BCUT2D eigenvalue weighted by molar-refractivity contribution is 5.64. The summed E-state index contributed by atoms with van der Waals surface area (Å²) in [4.78, 5) is 11.3. The predicted molar refractivity (Wildman–Crippen MR) is 63.0 cm³/mol. The Morgan fingerprint density at radius 3 is 2.47 bits per heavy atom. The van der Waals surface area contributed by atoms with Gasteiger partial charge in [-0.1, -0.05) is 0 Å². The first-order chi connectivity index (χ1) is 8.62. The lowest BCUT2D eigenvalue weighted by Gasteiger charge is -2.21. The molecular weight excluding hydrogens is 265 g/mol. The summed E-state index contributed by atoms with van der Waals surface area (Å²) in [6, 6.07) is 2.30. The molecule has 0 radical (unpaired) electrons. The Kier molecular flexibility index (Phi) is 4.35. The third-order valence-electron chi connectivity index (χ3n) is 2.45. The minimum absolute atomic E-state index is 0.0268. The lowest BCUT2D eigenvalue weighted by Crippen LogP contribution is -2.27. The SMILES string of the molecule is CC(O)CN(C)c1ccc(C(F)(F)F)cc1[N+](=O)[O-]. The van der Waals surface area contributed by atoms with Crippen molar-refractivity contribution in [2.45, 2.75) is 19.2 Å². The van der Waals surface area contributed by atoms with Gasteiger partial charge in [0, 0.05) is 19.7 Å². The lowest BCUT2D eigenvalue weighted by molar-refractivity contribution is -0.384. The summed E-state index contributed by atoms with van der Waals surface area (Å²) in [5.74, 6) is 0. The number of aliphatic hydroxyl groups is 1. The lowest BCUT2D eigenvalue weighted by atomic mass is 10.1. The van der Waals surface area contributed by atoms with E-state index in [-0.39, 0.29) is 12.2 Å². The molecule has 0 saturated heterocycles. The van der Waals surface area contributed by atoms with E-state index in [1.165, 1.54) is 18.9 Å². The van der Waals surface area contributed by atoms with E-state index in [9.17, 15) is 28.4 Å². The fraction of sp³-hybridized carbons (Fsp3) is 0.455. The topological polar surface area (TPSA) is 66.6 Å². The summed E-state index contributed by atoms with van der Waals surface area (Å²) in [7, 11) is 1.46. The normalized spacial score (nSPS) is 13.2. The first-order valence-corrected chi connectivity index (χ1v) is 5.37. The van der Waals surface area contributed by atoms with Gasteiger partial charge in [0.15, 0.2) is 0 Å². The standard InChI is InChI=1S/C11H13F3N2O3/c1-7(17)6-15(2)9-4-3-8(11(12,13)14)5-10(9)16(18)19/h3-5,7,17H,6H2,1-2H3. The Balaban J connectivity index is 3.23. The summed E-state index contributed by atoms with van der Waals surface area (Å²) in [6.07, 6.45) is -5.39. The zero-order valence-electron chi connectivity index (χ0n) is 10.3. The number of aliphatic hydroxyl groups excluding tert-OH is 1. The van der Waals surface area contributed by atoms with E-state index in [0.717, 1.165) is 12.1 Å². The Bertz CT molecular complexity index is 475. The summed E-state index contributed by atoms with van der Waals surface area (Å²) >= 11 is 0. The van der Waals surface area contributed by atoms with Crippen LogP contribution in [0.4, 0.5) is 24.5 Å². The summed E-state index contributed by atoms with van der Waals surface area (Å²) < 4.78 is 37.5. The van der Waals surface area contributed by atoms with Crippen molar-refractivity contribution in [3.8, 4) is 0 Å². The average molecular weight is 278 g/mol. The van der Waals surface area contributed by atoms with Gasteiger partial charge in [0.25, 0.3) is 5.69 Å². The quantitative estimate of drug-likeness (QED) is 0.678. The van der Waals surface area contributed by atoms with Crippen LogP contribution in [0.25, 0.3) is 0 Å². The largest absolute Gasteiger partial charge is 0.416 e. The van der Waals surface area contributed by atoms with Gasteiger partial charge in [-0.15, -0.1) is 0 Å². The molecule has 0 saturated carbocycles. The number of likely N-dealkylation sites (N-methyl/N-ethyl adjacent to an activating group) is 1. The van der Waals surface area contributed by atoms with Crippen LogP contribution in [-0.2, 0) is 6.18 Å². The first kappa shape index (κ1) is 15.2. The number of nitro groups is 1. The van der Waals surface area contributed by atoms with Crippen LogP contribution >= 0.6 is 0 Å². The Hall–Kier alpha value is -1.83. The van der Waals surface area contributed by atoms with Crippen molar-refractivity contribution in [2.75, 3.05) is 18.5 Å². The minimum atomic E-state index is -4.63. The highest BCUT2D eigenvalue weighted by Gasteiger charge is 2.33. The number of hydrogen-bond acceptors (Lipinski definition) is 4. The zero-order valence-corrected chi connectivity index (χ0v) is 10.3. The molecule has 0 aliphatic rings. The molecule has 0 heterocycles. The van der Waals surface area contributed by atoms with E-state index in [4.69, 9.17) is 0 Å². The molecule has 0 amide bonds. The van der Waals surface area contributed by atoms with E-state index in [2.05, 4.69) is 0 Å². The summed E-state index contributed by atoms with van der Waals surface area (Å²) in [5.41, 5.74) is -1.69. The van der Waals surface area contributed by atoms with Crippen LogP contribution in [-0.4, -0.2) is 29.7 Å². The second-order valence-electron chi connectivity index (χ2n) is 4.19. The molecule has 19 heavy (non-hydrogen) atoms. The van der Waals surface area contributed by atoms with Gasteiger partial charge < -0.3 is 10.0 Å². The van der Waals surface area contributed by atoms with Crippen molar-refractivity contribution in [1.29, 1.82) is 0 Å². The molecule has 1 unspecified atom stereocenters. The van der Waals surface area contributed by atoms with Crippen molar-refractivity contribution in [3.63, 3.8) is 0 Å². The molecule has 1 N–H and O–H groups in total. The molecule has 0 aliphatic heterocycles. The molecule has 0 aliphatic carbocycles. The monoisotopic (exact) mass is 278 g/mol. The van der Waals surface area contributed by atoms with Crippen molar-refractivity contribution in [2.24, 2.45) is 0 Å². The van der Waals surface area contributed by atoms with Gasteiger partial charge in [0.05, 0.1) is 16.6 Å². The average Bonchev–Trinajstić information content (AvgIpc) is 2.25. The third-order valence-corrected chi connectivity index (χ3v) is 2.45. The molecule has 106 valence electrons. The number of anilines is 1. The Morgan fingerprint density at radius 2 is 2.05 bits per heavy atom. The maximum Gasteiger partial charge on any atom is 0.416 e. The van der Waals surface area contributed by atoms with Crippen LogP contribution in [0.3, 0.4) is 0 Å². The molecule has 1 aromatic rings. The third kappa shape index (κ3) is 3.82. The molecule has 0 aromatic heterocycles. The Labute approximate surface area is 107 Å². The highest BCUT2D eigenvalue weighted by atomic mass is 19.4. The van der Waals surface area contributed by atoms with Gasteiger partial charge in [-0.05, 0) is 19.1 Å². The van der Waals surface area contributed by atoms with Gasteiger partial charge in [-0.3, -0.25) is 10.1 Å². The van der Waals surface area contributed by atoms with Crippen molar-refractivity contribution < 1.29 is 23.2 Å². The van der Waals surface area contributed by atoms with Crippen LogP contribution in [0.1, 0.15) is 12.5 Å². The minimum Gasteiger partial charge on any atom is -0.392 e. The van der Waals surface area contributed by atoms with Crippen LogP contribution in [0.15, 0.2) is 18.2 Å². The molecule has 0 fully saturated rings. The molecule has 8 heteroatoms. The van der Waals surface area contributed by atoms with Gasteiger partial charge in [0.2, 0.25) is 0 Å². The number of nitrogens with zero attached hydrogens (tertiary/aromatic N) is 2. The van der Waals surface area contributed by atoms with Gasteiger partial charge >= 0.3 is 6.18 Å². The van der Waals surface area contributed by atoms with Gasteiger partial charge in [-0.2, -0.15) is 13.2 Å². The number of nitro benzene ring substituents is 1. The van der Waals surface area contributed by atoms with Crippen LogP contribution < -0.4 is 4.90 Å². The van der Waals surface area contributed by atoms with Gasteiger partial charge in [-0.25, -0.2) is 0 Å². The fourth-order valence-corrected chi connectivity index (χ4v) is 1.66. The van der Waals surface area contributed by atoms with Crippen molar-refractivity contribution in [1.82, 2.24) is 0 Å². The van der Waals surface area contributed by atoms with E-state index in [1.54, 1.807) is 0 Å². The molecule has 0 spiro atoms. The maximum atomic E-state index is 12.5. The molecule has 1 atom stereocenters. The van der Waals surface area contributed by atoms with E-state index in [1.807, 2.05) is 0 Å². The number of hydrogen-bond donors (Lipinski definition) is 1. The second kappa shape index (κ2) is 5.43. The number of benzene rings is 1. The van der Waals surface area contributed by atoms with Crippen LogP contribution in [0, 0.1) is 10.1 Å². The number of rotatable bonds is 4. The molecule has 1 rings (SSSR count). The number of alkyl halides is 3. The van der Waals surface area contributed by atoms with Crippen LogP contribution in [0.2, 0.25) is 0 Å². The fourth-order valence-electron chi connectivity index (χ4n) is 1.66. The molecular formula is C11H13F3N2O3. The Morgan fingerprint density at radius 1 is 1.47 bits per heavy atom. The van der Waals surface area contributed by atoms with Gasteiger partial charge in [0.1, 0.15) is 5.69 Å². The second-order valence-corrected chi connectivity index (χ2v) is 4.19. The van der Waals surface area contributed by atoms with Crippen LogP contribution in [0.5, 0.6) is 0 Å². The molecule has 1 aromatic carbocycles. The zero-order chi connectivity index (χ0) is 14.8. The maximum absolute atomic E-state index is 12.5.